The standard InChI is InChI=1S/C15H26N2/c1-12-7-8-13(2)14(9-12)10-16-11-15(3,4)17(5)6/h7-9,16H,10-11H2,1-6H3. The molecule has 0 bridgehead atoms. The van der Waals surface area contributed by atoms with Crippen molar-refractivity contribution < 1.29 is 0 Å². The highest BCUT2D eigenvalue weighted by Crippen LogP contribution is 2.12. The van der Waals surface area contributed by atoms with Crippen molar-refractivity contribution in [3.05, 3.63) is 34.9 Å². The van der Waals surface area contributed by atoms with Crippen molar-refractivity contribution in [2.24, 2.45) is 0 Å². The second-order valence-corrected chi connectivity index (χ2v) is 5.74. The summed E-state index contributed by atoms with van der Waals surface area (Å²) in [5.41, 5.74) is 4.29. The van der Waals surface area contributed by atoms with E-state index in [4.69, 9.17) is 0 Å². The first-order chi connectivity index (χ1) is 7.83. The lowest BCUT2D eigenvalue weighted by Gasteiger charge is -2.32. The van der Waals surface area contributed by atoms with Crippen LogP contribution in [0.3, 0.4) is 0 Å². The van der Waals surface area contributed by atoms with Crippen LogP contribution < -0.4 is 5.32 Å². The minimum absolute atomic E-state index is 0.192. The lowest BCUT2D eigenvalue weighted by Crippen LogP contribution is -2.46. The van der Waals surface area contributed by atoms with Gasteiger partial charge >= 0.3 is 0 Å². The Bertz CT molecular complexity index is 367. The number of hydrogen-bond donors (Lipinski definition) is 1. The van der Waals surface area contributed by atoms with Crippen LogP contribution in [0.1, 0.15) is 30.5 Å². The Balaban J connectivity index is 2.54. The van der Waals surface area contributed by atoms with Crippen LogP contribution in [0, 0.1) is 13.8 Å². The lowest BCUT2D eigenvalue weighted by molar-refractivity contribution is 0.189. The topological polar surface area (TPSA) is 15.3 Å². The van der Waals surface area contributed by atoms with Crippen LogP contribution in [0.25, 0.3) is 0 Å². The van der Waals surface area contributed by atoms with Crippen molar-refractivity contribution in [3.63, 3.8) is 0 Å². The first kappa shape index (κ1) is 14.2. The zero-order chi connectivity index (χ0) is 13.1. The van der Waals surface area contributed by atoms with Gasteiger partial charge in [0.25, 0.3) is 0 Å². The van der Waals surface area contributed by atoms with Gasteiger partial charge in [0.05, 0.1) is 0 Å². The summed E-state index contributed by atoms with van der Waals surface area (Å²) in [5, 5.41) is 3.55. The van der Waals surface area contributed by atoms with E-state index in [-0.39, 0.29) is 5.54 Å². The Morgan fingerprint density at radius 1 is 1.18 bits per heavy atom. The van der Waals surface area contributed by atoms with Gasteiger partial charge in [-0.3, -0.25) is 0 Å². The van der Waals surface area contributed by atoms with Crippen LogP contribution >= 0.6 is 0 Å². The molecule has 1 N–H and O–H groups in total. The number of likely N-dealkylation sites (N-methyl/N-ethyl adjacent to an activating group) is 1. The SMILES string of the molecule is Cc1ccc(C)c(CNCC(C)(C)N(C)C)c1. The van der Waals surface area contributed by atoms with Crippen LogP contribution in [0.5, 0.6) is 0 Å². The number of benzene rings is 1. The molecule has 96 valence electrons. The lowest BCUT2D eigenvalue weighted by atomic mass is 10.0. The molecule has 1 rings (SSSR count). The Morgan fingerprint density at radius 2 is 1.82 bits per heavy atom. The highest BCUT2D eigenvalue weighted by Gasteiger charge is 2.19. The van der Waals surface area contributed by atoms with Crippen molar-refractivity contribution in [2.75, 3.05) is 20.6 Å². The van der Waals surface area contributed by atoms with Crippen molar-refractivity contribution in [3.8, 4) is 0 Å². The van der Waals surface area contributed by atoms with Gasteiger partial charge < -0.3 is 10.2 Å². The predicted molar refractivity (Wildman–Crippen MR) is 75.4 cm³/mol. The molecule has 0 aliphatic carbocycles. The third-order valence-corrected chi connectivity index (χ3v) is 3.59. The summed E-state index contributed by atoms with van der Waals surface area (Å²) in [5.74, 6) is 0. The molecule has 1 aromatic carbocycles. The van der Waals surface area contributed by atoms with Gasteiger partial charge in [-0.15, -0.1) is 0 Å². The second-order valence-electron chi connectivity index (χ2n) is 5.74. The highest BCUT2D eigenvalue weighted by molar-refractivity contribution is 5.30. The van der Waals surface area contributed by atoms with E-state index in [0.717, 1.165) is 13.1 Å². The summed E-state index contributed by atoms with van der Waals surface area (Å²) in [4.78, 5) is 2.25. The van der Waals surface area contributed by atoms with Gasteiger partial charge in [-0.25, -0.2) is 0 Å². The fourth-order valence-corrected chi connectivity index (χ4v) is 1.65. The van der Waals surface area contributed by atoms with Crippen LogP contribution in [0.15, 0.2) is 18.2 Å². The average molecular weight is 234 g/mol. The molecule has 0 amide bonds. The van der Waals surface area contributed by atoms with Crippen LogP contribution in [0.4, 0.5) is 0 Å². The summed E-state index contributed by atoms with van der Waals surface area (Å²) in [6.45, 7) is 10.8. The Labute approximate surface area is 106 Å². The fourth-order valence-electron chi connectivity index (χ4n) is 1.65. The maximum absolute atomic E-state index is 3.55. The Morgan fingerprint density at radius 3 is 2.41 bits per heavy atom. The molecule has 0 radical (unpaired) electrons. The summed E-state index contributed by atoms with van der Waals surface area (Å²) in [6.07, 6.45) is 0. The van der Waals surface area contributed by atoms with Gasteiger partial charge in [0.2, 0.25) is 0 Å². The molecule has 0 aliphatic rings. The average Bonchev–Trinajstić information content (AvgIpc) is 2.22. The van der Waals surface area contributed by atoms with Crippen LogP contribution in [-0.2, 0) is 6.54 Å². The molecule has 2 nitrogen and oxygen atoms in total. The number of rotatable bonds is 5. The van der Waals surface area contributed by atoms with Crippen LogP contribution in [-0.4, -0.2) is 31.1 Å². The van der Waals surface area contributed by atoms with E-state index in [0.29, 0.717) is 0 Å². The zero-order valence-electron chi connectivity index (χ0n) is 12.1. The second kappa shape index (κ2) is 5.65. The number of hydrogen-bond acceptors (Lipinski definition) is 2. The van der Waals surface area contributed by atoms with E-state index in [1.807, 2.05) is 0 Å². The monoisotopic (exact) mass is 234 g/mol. The molecular formula is C15H26N2. The summed E-state index contributed by atoms with van der Waals surface area (Å²) in [6, 6.07) is 6.64. The summed E-state index contributed by atoms with van der Waals surface area (Å²) in [7, 11) is 4.25. The minimum atomic E-state index is 0.192. The summed E-state index contributed by atoms with van der Waals surface area (Å²) < 4.78 is 0. The first-order valence-corrected chi connectivity index (χ1v) is 6.27. The van der Waals surface area contributed by atoms with Crippen molar-refractivity contribution in [1.82, 2.24) is 10.2 Å². The molecule has 0 aromatic heterocycles. The van der Waals surface area contributed by atoms with E-state index in [1.54, 1.807) is 0 Å². The quantitative estimate of drug-likeness (QED) is 0.843. The minimum Gasteiger partial charge on any atom is -0.311 e. The van der Waals surface area contributed by atoms with E-state index < -0.39 is 0 Å². The molecule has 17 heavy (non-hydrogen) atoms. The summed E-state index contributed by atoms with van der Waals surface area (Å²) >= 11 is 0. The fraction of sp³-hybridized carbons (Fsp3) is 0.600. The van der Waals surface area contributed by atoms with Gasteiger partial charge in [0.1, 0.15) is 0 Å². The predicted octanol–water partition coefficient (Wildman–Crippen LogP) is 2.73. The molecule has 2 heteroatoms. The molecular weight excluding hydrogens is 208 g/mol. The van der Waals surface area contributed by atoms with Crippen molar-refractivity contribution in [2.45, 2.75) is 39.8 Å². The smallest absolute Gasteiger partial charge is 0.0271 e. The Kier molecular flexibility index (Phi) is 4.72. The number of nitrogens with one attached hydrogen (secondary N) is 1. The maximum atomic E-state index is 3.55. The van der Waals surface area contributed by atoms with Gasteiger partial charge in [-0.05, 0) is 52.9 Å². The molecule has 0 fully saturated rings. The third-order valence-electron chi connectivity index (χ3n) is 3.59. The molecule has 0 aliphatic heterocycles. The van der Waals surface area contributed by atoms with Crippen molar-refractivity contribution >= 4 is 0 Å². The van der Waals surface area contributed by atoms with Crippen LogP contribution in [0.2, 0.25) is 0 Å². The largest absolute Gasteiger partial charge is 0.311 e. The molecule has 1 aromatic rings. The zero-order valence-corrected chi connectivity index (χ0v) is 12.1. The molecule has 0 unspecified atom stereocenters. The van der Waals surface area contributed by atoms with Gasteiger partial charge in [-0.2, -0.15) is 0 Å². The first-order valence-electron chi connectivity index (χ1n) is 6.27. The van der Waals surface area contributed by atoms with Gasteiger partial charge in [0, 0.05) is 18.6 Å². The van der Waals surface area contributed by atoms with E-state index in [1.165, 1.54) is 16.7 Å². The normalized spacial score (nSPS) is 12.2. The van der Waals surface area contributed by atoms with Gasteiger partial charge in [-0.1, -0.05) is 23.8 Å². The van der Waals surface area contributed by atoms with E-state index in [9.17, 15) is 0 Å². The van der Waals surface area contributed by atoms with Crippen molar-refractivity contribution in [1.29, 1.82) is 0 Å². The number of nitrogens with zero attached hydrogens (tertiary/aromatic N) is 1. The third kappa shape index (κ3) is 4.14. The molecule has 0 heterocycles. The molecule has 0 saturated heterocycles. The van der Waals surface area contributed by atoms with E-state index in [2.05, 4.69) is 70.2 Å². The van der Waals surface area contributed by atoms with E-state index >= 15 is 0 Å². The van der Waals surface area contributed by atoms with Gasteiger partial charge in [0.15, 0.2) is 0 Å². The number of aryl methyl sites for hydroxylation is 2. The maximum Gasteiger partial charge on any atom is 0.0271 e. The Hall–Kier alpha value is -0.860. The molecule has 0 saturated carbocycles. The molecule has 0 spiro atoms. The highest BCUT2D eigenvalue weighted by atomic mass is 15.2. The molecule has 0 atom stereocenters.